The molecule has 0 radical (unpaired) electrons. The Balaban J connectivity index is 2.28. The molecule has 0 fully saturated rings. The largest absolute Gasteiger partial charge is 0.504 e. The van der Waals surface area contributed by atoms with Crippen molar-refractivity contribution in [3.8, 4) is 17.2 Å². The molecule has 8 heteroatoms. The fourth-order valence-electron chi connectivity index (χ4n) is 1.88. The summed E-state index contributed by atoms with van der Waals surface area (Å²) in [7, 11) is 2.84. The van der Waals surface area contributed by atoms with Crippen molar-refractivity contribution in [3.63, 3.8) is 0 Å². The predicted octanol–water partition coefficient (Wildman–Crippen LogP) is 2.76. The molecule has 0 heterocycles. The molecule has 0 aliphatic heterocycles. The van der Waals surface area contributed by atoms with Gasteiger partial charge >= 0.3 is 0 Å². The Kier molecular flexibility index (Phi) is 4.98. The Hall–Kier alpha value is -3.29. The minimum Gasteiger partial charge on any atom is -0.504 e. The zero-order chi connectivity index (χ0) is 16.8. The van der Waals surface area contributed by atoms with Gasteiger partial charge in [0.1, 0.15) is 5.75 Å². The molecule has 2 N–H and O–H groups in total. The maximum atomic E-state index is 10.9. The number of nitrogens with zero attached hydrogens (tertiary/aromatic N) is 2. The number of anilines is 1. The number of nitro benzene ring substituents is 1. The lowest BCUT2D eigenvalue weighted by Gasteiger charge is -2.07. The summed E-state index contributed by atoms with van der Waals surface area (Å²) in [5.74, 6) is 0.354. The van der Waals surface area contributed by atoms with Crippen molar-refractivity contribution in [1.82, 2.24) is 0 Å². The number of phenols is 1. The molecule has 0 aliphatic rings. The van der Waals surface area contributed by atoms with Crippen molar-refractivity contribution in [3.05, 3.63) is 52.1 Å². The monoisotopic (exact) mass is 317 g/mol. The van der Waals surface area contributed by atoms with Gasteiger partial charge in [0.2, 0.25) is 0 Å². The van der Waals surface area contributed by atoms with Crippen LogP contribution in [0.1, 0.15) is 5.56 Å². The zero-order valence-corrected chi connectivity index (χ0v) is 12.5. The van der Waals surface area contributed by atoms with Gasteiger partial charge in [-0.05, 0) is 12.1 Å². The number of aromatic hydroxyl groups is 1. The van der Waals surface area contributed by atoms with Crippen LogP contribution >= 0.6 is 0 Å². The highest BCUT2D eigenvalue weighted by molar-refractivity contribution is 5.86. The van der Waals surface area contributed by atoms with Crippen molar-refractivity contribution in [1.29, 1.82) is 0 Å². The summed E-state index contributed by atoms with van der Waals surface area (Å²) in [5, 5.41) is 24.9. The van der Waals surface area contributed by atoms with Crippen molar-refractivity contribution in [2.45, 2.75) is 0 Å². The number of rotatable bonds is 6. The highest BCUT2D eigenvalue weighted by atomic mass is 16.6. The van der Waals surface area contributed by atoms with Gasteiger partial charge in [-0.25, -0.2) is 0 Å². The van der Waals surface area contributed by atoms with Crippen LogP contribution in [0.5, 0.6) is 17.2 Å². The number of nitro groups is 1. The molecule has 0 saturated heterocycles. The molecular weight excluding hydrogens is 302 g/mol. The summed E-state index contributed by atoms with van der Waals surface area (Å²) in [6.45, 7) is 0. The van der Waals surface area contributed by atoms with E-state index >= 15 is 0 Å². The Labute approximate surface area is 132 Å². The lowest BCUT2D eigenvalue weighted by atomic mass is 10.2. The number of non-ortho nitro benzene ring substituents is 1. The number of hydrogen-bond acceptors (Lipinski definition) is 7. The molecule has 2 aromatic rings. The molecule has 0 bridgehead atoms. The van der Waals surface area contributed by atoms with E-state index < -0.39 is 4.92 Å². The van der Waals surface area contributed by atoms with Crippen LogP contribution in [-0.2, 0) is 0 Å². The molecule has 2 rings (SSSR count). The Morgan fingerprint density at radius 2 is 1.91 bits per heavy atom. The predicted molar refractivity (Wildman–Crippen MR) is 85.5 cm³/mol. The molecule has 120 valence electrons. The van der Waals surface area contributed by atoms with E-state index in [1.165, 1.54) is 26.5 Å². The maximum absolute atomic E-state index is 10.9. The van der Waals surface area contributed by atoms with Crippen molar-refractivity contribution in [2.75, 3.05) is 19.6 Å². The topological polar surface area (TPSA) is 106 Å². The third kappa shape index (κ3) is 3.67. The average Bonchev–Trinajstić information content (AvgIpc) is 2.56. The van der Waals surface area contributed by atoms with Crippen LogP contribution in [0.15, 0.2) is 41.5 Å². The SMILES string of the molecule is COc1ccccc1NN=Cc1cc([N+](=O)[O-])cc(OC)c1O. The van der Waals surface area contributed by atoms with Gasteiger partial charge in [-0.15, -0.1) is 0 Å². The standard InChI is InChI=1S/C15H15N3O5/c1-22-13-6-4-3-5-12(13)17-16-9-10-7-11(18(20)21)8-14(23-2)15(10)19/h3-9,17,19H,1-2H3. The molecule has 0 unspecified atom stereocenters. The van der Waals surface area contributed by atoms with Crippen LogP contribution in [0, 0.1) is 10.1 Å². The molecule has 2 aromatic carbocycles. The first-order valence-corrected chi connectivity index (χ1v) is 6.54. The van der Waals surface area contributed by atoms with Crippen molar-refractivity contribution >= 4 is 17.6 Å². The van der Waals surface area contributed by atoms with Crippen LogP contribution < -0.4 is 14.9 Å². The molecular formula is C15H15N3O5. The number of hydrazone groups is 1. The molecule has 0 amide bonds. The number of ether oxygens (including phenoxy) is 2. The number of benzene rings is 2. The van der Waals surface area contributed by atoms with Gasteiger partial charge in [0.25, 0.3) is 5.69 Å². The first-order valence-electron chi connectivity index (χ1n) is 6.54. The summed E-state index contributed by atoms with van der Waals surface area (Å²) in [6, 6.07) is 9.46. The van der Waals surface area contributed by atoms with Gasteiger partial charge in [0, 0.05) is 11.6 Å². The minimum atomic E-state index is -0.576. The number of para-hydroxylation sites is 2. The normalized spacial score (nSPS) is 10.5. The molecule has 23 heavy (non-hydrogen) atoms. The van der Waals surface area contributed by atoms with E-state index in [0.717, 1.165) is 6.07 Å². The fourth-order valence-corrected chi connectivity index (χ4v) is 1.88. The Morgan fingerprint density at radius 3 is 2.57 bits per heavy atom. The third-order valence-corrected chi connectivity index (χ3v) is 3.02. The van der Waals surface area contributed by atoms with Crippen LogP contribution in [0.3, 0.4) is 0 Å². The first kappa shape index (κ1) is 16.1. The van der Waals surface area contributed by atoms with Crippen LogP contribution in [0.4, 0.5) is 11.4 Å². The van der Waals surface area contributed by atoms with E-state index in [1.807, 2.05) is 6.07 Å². The first-order chi connectivity index (χ1) is 11.1. The molecule has 0 atom stereocenters. The molecule has 0 aliphatic carbocycles. The zero-order valence-electron chi connectivity index (χ0n) is 12.5. The third-order valence-electron chi connectivity index (χ3n) is 3.02. The van der Waals surface area contributed by atoms with Gasteiger partial charge < -0.3 is 14.6 Å². The quantitative estimate of drug-likeness (QED) is 0.482. The molecule has 0 saturated carbocycles. The molecule has 0 aromatic heterocycles. The van der Waals surface area contributed by atoms with Gasteiger partial charge in [-0.3, -0.25) is 15.5 Å². The maximum Gasteiger partial charge on any atom is 0.274 e. The fraction of sp³-hybridized carbons (Fsp3) is 0.133. The lowest BCUT2D eigenvalue weighted by molar-refractivity contribution is -0.385. The number of nitrogens with one attached hydrogen (secondary N) is 1. The second kappa shape index (κ2) is 7.12. The van der Waals surface area contributed by atoms with E-state index in [2.05, 4.69) is 10.5 Å². The summed E-state index contributed by atoms with van der Waals surface area (Å²) in [5.41, 5.74) is 3.30. The highest BCUT2D eigenvalue weighted by Gasteiger charge is 2.15. The van der Waals surface area contributed by atoms with Crippen LogP contribution in [-0.4, -0.2) is 30.5 Å². The van der Waals surface area contributed by atoms with E-state index in [-0.39, 0.29) is 22.7 Å². The van der Waals surface area contributed by atoms with E-state index in [1.54, 1.807) is 18.2 Å². The van der Waals surface area contributed by atoms with E-state index in [9.17, 15) is 15.2 Å². The van der Waals surface area contributed by atoms with Crippen LogP contribution in [0.2, 0.25) is 0 Å². The summed E-state index contributed by atoms with van der Waals surface area (Å²) in [6.07, 6.45) is 1.26. The summed E-state index contributed by atoms with van der Waals surface area (Å²) < 4.78 is 10.1. The Bertz CT molecular complexity index is 746. The molecule has 0 spiro atoms. The van der Waals surface area contributed by atoms with Crippen LogP contribution in [0.25, 0.3) is 0 Å². The smallest absolute Gasteiger partial charge is 0.274 e. The van der Waals surface area contributed by atoms with Crippen molar-refractivity contribution < 1.29 is 19.5 Å². The average molecular weight is 317 g/mol. The van der Waals surface area contributed by atoms with Gasteiger partial charge in [-0.2, -0.15) is 5.10 Å². The van der Waals surface area contributed by atoms with E-state index in [4.69, 9.17) is 9.47 Å². The Morgan fingerprint density at radius 1 is 1.22 bits per heavy atom. The number of hydrogen-bond donors (Lipinski definition) is 2. The summed E-state index contributed by atoms with van der Waals surface area (Å²) >= 11 is 0. The number of phenolic OH excluding ortho intramolecular Hbond substituents is 1. The van der Waals surface area contributed by atoms with E-state index in [0.29, 0.717) is 11.4 Å². The molecule has 8 nitrogen and oxygen atoms in total. The second-order valence-corrected chi connectivity index (χ2v) is 4.41. The van der Waals surface area contributed by atoms with Gasteiger partial charge in [-0.1, -0.05) is 12.1 Å². The summed E-state index contributed by atoms with van der Waals surface area (Å²) in [4.78, 5) is 10.3. The van der Waals surface area contributed by atoms with Crippen molar-refractivity contribution in [2.24, 2.45) is 5.10 Å². The number of methoxy groups -OCH3 is 2. The van der Waals surface area contributed by atoms with Gasteiger partial charge in [0.05, 0.1) is 37.1 Å². The second-order valence-electron chi connectivity index (χ2n) is 4.41. The minimum absolute atomic E-state index is 0.00191. The van der Waals surface area contributed by atoms with Gasteiger partial charge in [0.15, 0.2) is 11.5 Å². The lowest BCUT2D eigenvalue weighted by Crippen LogP contribution is -1.97. The highest BCUT2D eigenvalue weighted by Crippen LogP contribution is 2.33.